The molecule has 92 valence electrons. The Bertz CT molecular complexity index is 402. The van der Waals surface area contributed by atoms with Gasteiger partial charge in [-0.1, -0.05) is 0 Å². The molecular formula is C12H16N2O3. The fraction of sp³-hybridized carbons (Fsp3) is 0.500. The zero-order valence-electron chi connectivity index (χ0n) is 9.72. The van der Waals surface area contributed by atoms with Gasteiger partial charge in [0.2, 0.25) is 0 Å². The quantitative estimate of drug-likeness (QED) is 0.815. The van der Waals surface area contributed by atoms with Gasteiger partial charge in [0.25, 0.3) is 0 Å². The molecule has 0 aromatic carbocycles. The van der Waals surface area contributed by atoms with Crippen molar-refractivity contribution in [1.82, 2.24) is 4.98 Å². The molecule has 0 bridgehead atoms. The van der Waals surface area contributed by atoms with E-state index in [1.807, 2.05) is 6.92 Å². The van der Waals surface area contributed by atoms with Crippen molar-refractivity contribution in [2.75, 3.05) is 11.9 Å². The molecule has 2 N–H and O–H groups in total. The van der Waals surface area contributed by atoms with Crippen molar-refractivity contribution in [3.05, 3.63) is 23.9 Å². The summed E-state index contributed by atoms with van der Waals surface area (Å²) in [6.07, 6.45) is 3.74. The monoisotopic (exact) mass is 236 g/mol. The van der Waals surface area contributed by atoms with E-state index in [9.17, 15) is 4.79 Å². The lowest BCUT2D eigenvalue weighted by molar-refractivity contribution is 0.00291. The molecule has 1 fully saturated rings. The van der Waals surface area contributed by atoms with Crippen molar-refractivity contribution in [3.63, 3.8) is 0 Å². The number of pyridine rings is 1. The summed E-state index contributed by atoms with van der Waals surface area (Å²) < 4.78 is 5.45. The van der Waals surface area contributed by atoms with E-state index < -0.39 is 5.97 Å². The molecule has 1 aromatic heterocycles. The zero-order chi connectivity index (χ0) is 12.3. The Hall–Kier alpha value is -1.62. The lowest BCUT2D eigenvalue weighted by Gasteiger charge is -2.35. The van der Waals surface area contributed by atoms with E-state index in [0.29, 0.717) is 18.0 Å². The second kappa shape index (κ2) is 5.14. The molecule has 5 nitrogen and oxygen atoms in total. The molecule has 0 radical (unpaired) electrons. The van der Waals surface area contributed by atoms with Crippen LogP contribution in [-0.4, -0.2) is 34.8 Å². The molecular weight excluding hydrogens is 220 g/mol. The number of nitrogens with one attached hydrogen (secondary N) is 1. The van der Waals surface area contributed by atoms with Crippen molar-refractivity contribution >= 4 is 11.8 Å². The van der Waals surface area contributed by atoms with Crippen LogP contribution in [0.3, 0.4) is 0 Å². The molecule has 17 heavy (non-hydrogen) atoms. The van der Waals surface area contributed by atoms with Crippen LogP contribution in [-0.2, 0) is 4.74 Å². The summed E-state index contributed by atoms with van der Waals surface area (Å²) in [4.78, 5) is 14.9. The summed E-state index contributed by atoms with van der Waals surface area (Å²) in [7, 11) is 0. The van der Waals surface area contributed by atoms with Crippen molar-refractivity contribution in [3.8, 4) is 0 Å². The van der Waals surface area contributed by atoms with Gasteiger partial charge >= 0.3 is 5.97 Å². The molecule has 0 spiro atoms. The molecule has 1 saturated carbocycles. The molecule has 0 unspecified atom stereocenters. The fourth-order valence-corrected chi connectivity index (χ4v) is 1.91. The fourth-order valence-electron chi connectivity index (χ4n) is 1.91. The molecule has 2 rings (SSSR count). The minimum absolute atomic E-state index is 0.253. The number of carboxylic acids is 1. The molecule has 1 aromatic rings. The molecule has 0 amide bonds. The van der Waals surface area contributed by atoms with Crippen LogP contribution < -0.4 is 5.32 Å². The van der Waals surface area contributed by atoms with Crippen molar-refractivity contribution < 1.29 is 14.6 Å². The summed E-state index contributed by atoms with van der Waals surface area (Å²) in [6, 6.07) is 3.37. The van der Waals surface area contributed by atoms with Gasteiger partial charge in [-0.25, -0.2) is 9.78 Å². The van der Waals surface area contributed by atoms with E-state index in [1.165, 1.54) is 12.3 Å². The number of aromatic nitrogens is 1. The second-order valence-electron chi connectivity index (χ2n) is 4.12. The van der Waals surface area contributed by atoms with E-state index >= 15 is 0 Å². The number of rotatable bonds is 5. The maximum absolute atomic E-state index is 10.8. The predicted octanol–water partition coefficient (Wildman–Crippen LogP) is 1.76. The second-order valence-corrected chi connectivity index (χ2v) is 4.12. The molecule has 5 heteroatoms. The highest BCUT2D eigenvalue weighted by Gasteiger charge is 2.29. The number of hydrogen-bond donors (Lipinski definition) is 2. The van der Waals surface area contributed by atoms with E-state index in [1.54, 1.807) is 6.07 Å². The Kier molecular flexibility index (Phi) is 3.58. The highest BCUT2D eigenvalue weighted by molar-refractivity contribution is 5.88. The minimum atomic E-state index is -0.934. The average molecular weight is 236 g/mol. The molecule has 0 saturated heterocycles. The van der Waals surface area contributed by atoms with Gasteiger partial charge in [0.1, 0.15) is 5.82 Å². The van der Waals surface area contributed by atoms with Crippen LogP contribution >= 0.6 is 0 Å². The number of aromatic carboxylic acids is 1. The Labute approximate surface area is 99.8 Å². The Morgan fingerprint density at radius 3 is 3.06 bits per heavy atom. The van der Waals surface area contributed by atoms with Gasteiger partial charge in [-0.3, -0.25) is 0 Å². The number of carboxylic acid groups (broad SMARTS) is 1. The van der Waals surface area contributed by atoms with E-state index in [-0.39, 0.29) is 5.56 Å². The molecule has 1 aliphatic carbocycles. The highest BCUT2D eigenvalue weighted by atomic mass is 16.5. The van der Waals surface area contributed by atoms with E-state index in [0.717, 1.165) is 19.4 Å². The van der Waals surface area contributed by atoms with Gasteiger partial charge in [-0.2, -0.15) is 0 Å². The third-order valence-electron chi connectivity index (χ3n) is 2.86. The molecule has 1 heterocycles. The summed E-state index contributed by atoms with van der Waals surface area (Å²) in [5, 5.41) is 12.1. The molecule has 0 atom stereocenters. The van der Waals surface area contributed by atoms with Crippen LogP contribution in [0.15, 0.2) is 18.3 Å². The van der Waals surface area contributed by atoms with Crippen LogP contribution in [0, 0.1) is 0 Å². The first kappa shape index (κ1) is 11.9. The standard InChI is InChI=1S/C12H16N2O3/c1-2-17-10-6-9(7-10)14-11-5-8(12(15)16)3-4-13-11/h3-5,9-10H,2,6-7H2,1H3,(H,13,14)(H,15,16). The molecule has 0 aliphatic heterocycles. The van der Waals surface area contributed by atoms with Crippen LogP contribution in [0.5, 0.6) is 0 Å². The van der Waals surface area contributed by atoms with Crippen LogP contribution in [0.2, 0.25) is 0 Å². The molecule has 1 aliphatic rings. The van der Waals surface area contributed by atoms with Crippen molar-refractivity contribution in [1.29, 1.82) is 0 Å². The maximum Gasteiger partial charge on any atom is 0.335 e. The Morgan fingerprint density at radius 1 is 1.65 bits per heavy atom. The number of carbonyl (C=O) groups is 1. The van der Waals surface area contributed by atoms with Gasteiger partial charge in [0.15, 0.2) is 0 Å². The summed E-state index contributed by atoms with van der Waals surface area (Å²) in [6.45, 7) is 2.72. The average Bonchev–Trinajstić information content (AvgIpc) is 2.27. The first-order chi connectivity index (χ1) is 8.19. The van der Waals surface area contributed by atoms with Crippen molar-refractivity contribution in [2.24, 2.45) is 0 Å². The van der Waals surface area contributed by atoms with Crippen molar-refractivity contribution in [2.45, 2.75) is 31.9 Å². The highest BCUT2D eigenvalue weighted by Crippen LogP contribution is 2.26. The van der Waals surface area contributed by atoms with Gasteiger partial charge in [0.05, 0.1) is 11.7 Å². The predicted molar refractivity (Wildman–Crippen MR) is 63.3 cm³/mol. The van der Waals surface area contributed by atoms with Crippen LogP contribution in [0.1, 0.15) is 30.1 Å². The summed E-state index contributed by atoms with van der Waals surface area (Å²) in [5.74, 6) is -0.318. The topological polar surface area (TPSA) is 71.5 Å². The normalized spacial score (nSPS) is 22.9. The van der Waals surface area contributed by atoms with Gasteiger partial charge in [-0.05, 0) is 31.9 Å². The third kappa shape index (κ3) is 2.94. The largest absolute Gasteiger partial charge is 0.478 e. The minimum Gasteiger partial charge on any atom is -0.478 e. The maximum atomic E-state index is 10.8. The lowest BCUT2D eigenvalue weighted by Crippen LogP contribution is -2.41. The number of ether oxygens (including phenoxy) is 1. The third-order valence-corrected chi connectivity index (χ3v) is 2.86. The number of anilines is 1. The van der Waals surface area contributed by atoms with Gasteiger partial charge in [0, 0.05) is 18.8 Å². The summed E-state index contributed by atoms with van der Waals surface area (Å²) >= 11 is 0. The number of nitrogens with zero attached hydrogens (tertiary/aromatic N) is 1. The van der Waals surface area contributed by atoms with E-state index in [4.69, 9.17) is 9.84 Å². The van der Waals surface area contributed by atoms with Gasteiger partial charge in [-0.15, -0.1) is 0 Å². The lowest BCUT2D eigenvalue weighted by atomic mass is 9.89. The summed E-state index contributed by atoms with van der Waals surface area (Å²) in [5.41, 5.74) is 0.253. The van der Waals surface area contributed by atoms with Gasteiger partial charge < -0.3 is 15.2 Å². The van der Waals surface area contributed by atoms with E-state index in [2.05, 4.69) is 10.3 Å². The van der Waals surface area contributed by atoms with Crippen LogP contribution in [0.25, 0.3) is 0 Å². The first-order valence-electron chi connectivity index (χ1n) is 5.76. The number of hydrogen-bond acceptors (Lipinski definition) is 4. The zero-order valence-corrected chi connectivity index (χ0v) is 9.72. The Morgan fingerprint density at radius 2 is 2.41 bits per heavy atom. The van der Waals surface area contributed by atoms with Crippen LogP contribution in [0.4, 0.5) is 5.82 Å². The smallest absolute Gasteiger partial charge is 0.335 e. The first-order valence-corrected chi connectivity index (χ1v) is 5.76. The SMILES string of the molecule is CCOC1CC(Nc2cc(C(=O)O)ccn2)C1. The Balaban J connectivity index is 1.88.